The van der Waals surface area contributed by atoms with E-state index in [1.54, 1.807) is 30.5 Å². The lowest BCUT2D eigenvalue weighted by Gasteiger charge is -2.09. The number of nitrogens with zero attached hydrogens (tertiary/aromatic N) is 2. The molecule has 0 unspecified atom stereocenters. The molecule has 0 fully saturated rings. The van der Waals surface area contributed by atoms with Gasteiger partial charge in [-0.3, -0.25) is 4.79 Å². The molecular weight excluding hydrogens is 369 g/mol. The average Bonchev–Trinajstić information content (AvgIpc) is 2.88. The first-order valence-corrected chi connectivity index (χ1v) is 8.75. The van der Waals surface area contributed by atoms with Crippen LogP contribution in [0.1, 0.15) is 27.3 Å². The SMILES string of the molecule is Cc1cc(/C=N\NC(=O)c2cccc(Cl)c2)c(C)n1-c1cccc(Cl)c1. The Hall–Kier alpha value is -2.56. The third-order valence-corrected chi connectivity index (χ3v) is 4.46. The summed E-state index contributed by atoms with van der Waals surface area (Å²) in [5.41, 5.74) is 6.92. The highest BCUT2D eigenvalue weighted by atomic mass is 35.5. The van der Waals surface area contributed by atoms with Crippen molar-refractivity contribution < 1.29 is 4.79 Å². The number of rotatable bonds is 4. The molecule has 0 bridgehead atoms. The third kappa shape index (κ3) is 3.98. The summed E-state index contributed by atoms with van der Waals surface area (Å²) in [5, 5.41) is 5.25. The molecule has 1 aromatic heterocycles. The molecule has 3 aromatic rings. The summed E-state index contributed by atoms with van der Waals surface area (Å²) in [6.07, 6.45) is 1.63. The second-order valence-corrected chi connectivity index (χ2v) is 6.72. The zero-order valence-corrected chi connectivity index (χ0v) is 15.8. The third-order valence-electron chi connectivity index (χ3n) is 3.99. The van der Waals surface area contributed by atoms with Crippen LogP contribution in [0.3, 0.4) is 0 Å². The monoisotopic (exact) mass is 385 g/mol. The van der Waals surface area contributed by atoms with Gasteiger partial charge in [-0.05, 0) is 56.3 Å². The summed E-state index contributed by atoms with van der Waals surface area (Å²) in [7, 11) is 0. The fourth-order valence-corrected chi connectivity index (χ4v) is 3.16. The van der Waals surface area contributed by atoms with Crippen LogP contribution in [-0.4, -0.2) is 16.7 Å². The molecule has 0 radical (unpaired) electrons. The van der Waals surface area contributed by atoms with Gasteiger partial charge < -0.3 is 4.57 Å². The molecule has 0 saturated heterocycles. The van der Waals surface area contributed by atoms with E-state index in [-0.39, 0.29) is 5.91 Å². The lowest BCUT2D eigenvalue weighted by atomic mass is 10.2. The molecule has 0 aliphatic heterocycles. The Kier molecular flexibility index (Phi) is 5.45. The van der Waals surface area contributed by atoms with Crippen LogP contribution in [0.5, 0.6) is 0 Å². The van der Waals surface area contributed by atoms with Crippen LogP contribution in [0.15, 0.2) is 59.7 Å². The summed E-state index contributed by atoms with van der Waals surface area (Å²) < 4.78 is 2.09. The van der Waals surface area contributed by atoms with Crippen LogP contribution in [0.2, 0.25) is 10.0 Å². The van der Waals surface area contributed by atoms with E-state index in [0.717, 1.165) is 22.6 Å². The van der Waals surface area contributed by atoms with Crippen LogP contribution < -0.4 is 5.43 Å². The van der Waals surface area contributed by atoms with Gasteiger partial charge in [-0.15, -0.1) is 0 Å². The molecule has 0 saturated carbocycles. The molecular formula is C20H17Cl2N3O. The predicted octanol–water partition coefficient (Wildman–Crippen LogP) is 5.16. The molecule has 26 heavy (non-hydrogen) atoms. The summed E-state index contributed by atoms with van der Waals surface area (Å²) in [6, 6.07) is 16.4. The predicted molar refractivity (Wildman–Crippen MR) is 107 cm³/mol. The molecule has 0 aliphatic carbocycles. The topological polar surface area (TPSA) is 46.4 Å². The first-order chi connectivity index (χ1) is 12.5. The fraction of sp³-hybridized carbons (Fsp3) is 0.100. The number of nitrogens with one attached hydrogen (secondary N) is 1. The van der Waals surface area contributed by atoms with Crippen LogP contribution in [-0.2, 0) is 0 Å². The molecule has 3 rings (SSSR count). The van der Waals surface area contributed by atoms with Gasteiger partial charge >= 0.3 is 0 Å². The van der Waals surface area contributed by atoms with E-state index in [1.807, 2.05) is 44.2 Å². The zero-order valence-electron chi connectivity index (χ0n) is 14.3. The van der Waals surface area contributed by atoms with E-state index in [2.05, 4.69) is 15.1 Å². The molecule has 132 valence electrons. The number of hydrazone groups is 1. The summed E-state index contributed by atoms with van der Waals surface area (Å²) in [5.74, 6) is -0.313. The average molecular weight is 386 g/mol. The number of aryl methyl sites for hydroxylation is 1. The van der Waals surface area contributed by atoms with Crippen molar-refractivity contribution in [3.05, 3.63) is 87.2 Å². The number of halogens is 2. The fourth-order valence-electron chi connectivity index (χ4n) is 2.79. The van der Waals surface area contributed by atoms with Crippen molar-refractivity contribution in [3.63, 3.8) is 0 Å². The molecule has 1 N–H and O–H groups in total. The molecule has 1 amide bonds. The maximum absolute atomic E-state index is 12.1. The van der Waals surface area contributed by atoms with Crippen molar-refractivity contribution in [2.45, 2.75) is 13.8 Å². The van der Waals surface area contributed by atoms with Crippen molar-refractivity contribution in [1.29, 1.82) is 0 Å². The highest BCUT2D eigenvalue weighted by molar-refractivity contribution is 6.31. The lowest BCUT2D eigenvalue weighted by Crippen LogP contribution is -2.17. The van der Waals surface area contributed by atoms with E-state index >= 15 is 0 Å². The Balaban J connectivity index is 1.79. The Morgan fingerprint density at radius 1 is 1.04 bits per heavy atom. The largest absolute Gasteiger partial charge is 0.318 e. The molecule has 0 spiro atoms. The van der Waals surface area contributed by atoms with Gasteiger partial charge in [-0.1, -0.05) is 35.3 Å². The number of carbonyl (C=O) groups is 1. The van der Waals surface area contributed by atoms with Crippen LogP contribution >= 0.6 is 23.2 Å². The Morgan fingerprint density at radius 2 is 1.73 bits per heavy atom. The number of carbonyl (C=O) groups excluding carboxylic acids is 1. The van der Waals surface area contributed by atoms with E-state index in [0.29, 0.717) is 15.6 Å². The Morgan fingerprint density at radius 3 is 2.42 bits per heavy atom. The highest BCUT2D eigenvalue weighted by Gasteiger charge is 2.10. The minimum Gasteiger partial charge on any atom is -0.318 e. The minimum absolute atomic E-state index is 0.313. The lowest BCUT2D eigenvalue weighted by molar-refractivity contribution is 0.0955. The van der Waals surface area contributed by atoms with Crippen molar-refractivity contribution >= 4 is 35.3 Å². The second kappa shape index (κ2) is 7.77. The minimum atomic E-state index is -0.313. The van der Waals surface area contributed by atoms with Gasteiger partial charge in [-0.25, -0.2) is 5.43 Å². The summed E-state index contributed by atoms with van der Waals surface area (Å²) >= 11 is 12.0. The maximum atomic E-state index is 12.1. The van der Waals surface area contributed by atoms with Gasteiger partial charge in [-0.2, -0.15) is 5.10 Å². The van der Waals surface area contributed by atoms with Gasteiger partial charge in [0.2, 0.25) is 0 Å². The molecule has 6 heteroatoms. The zero-order chi connectivity index (χ0) is 18.7. The van der Waals surface area contributed by atoms with Gasteiger partial charge in [0.1, 0.15) is 0 Å². The maximum Gasteiger partial charge on any atom is 0.271 e. The summed E-state index contributed by atoms with van der Waals surface area (Å²) in [6.45, 7) is 4.00. The normalized spacial score (nSPS) is 11.1. The van der Waals surface area contributed by atoms with E-state index in [9.17, 15) is 4.79 Å². The number of hydrogen-bond acceptors (Lipinski definition) is 2. The van der Waals surface area contributed by atoms with Gasteiger partial charge in [0.05, 0.1) is 6.21 Å². The van der Waals surface area contributed by atoms with E-state index in [1.165, 1.54) is 0 Å². The number of benzene rings is 2. The molecule has 0 atom stereocenters. The Labute approximate surface area is 162 Å². The Bertz CT molecular complexity index is 992. The smallest absolute Gasteiger partial charge is 0.271 e. The standard InChI is InChI=1S/C20H17Cl2N3O/c1-13-9-16(14(2)25(13)19-8-4-7-18(22)11-19)12-23-24-20(26)15-5-3-6-17(21)10-15/h3-12H,1-2H3,(H,24,26)/b23-12-. The number of aromatic nitrogens is 1. The van der Waals surface area contributed by atoms with Gasteiger partial charge in [0, 0.05) is 38.2 Å². The van der Waals surface area contributed by atoms with Crippen LogP contribution in [0.4, 0.5) is 0 Å². The van der Waals surface area contributed by atoms with E-state index < -0.39 is 0 Å². The summed E-state index contributed by atoms with van der Waals surface area (Å²) in [4.78, 5) is 12.1. The quantitative estimate of drug-likeness (QED) is 0.488. The number of amides is 1. The number of hydrogen-bond donors (Lipinski definition) is 1. The van der Waals surface area contributed by atoms with Gasteiger partial charge in [0.25, 0.3) is 5.91 Å². The molecule has 1 heterocycles. The van der Waals surface area contributed by atoms with Gasteiger partial charge in [0.15, 0.2) is 0 Å². The molecule has 4 nitrogen and oxygen atoms in total. The first kappa shape index (κ1) is 18.2. The van der Waals surface area contributed by atoms with Crippen LogP contribution in [0.25, 0.3) is 5.69 Å². The second-order valence-electron chi connectivity index (χ2n) is 5.85. The van der Waals surface area contributed by atoms with E-state index in [4.69, 9.17) is 23.2 Å². The molecule has 0 aliphatic rings. The van der Waals surface area contributed by atoms with Crippen molar-refractivity contribution in [1.82, 2.24) is 9.99 Å². The van der Waals surface area contributed by atoms with Crippen LogP contribution in [0, 0.1) is 13.8 Å². The van der Waals surface area contributed by atoms with Crippen molar-refractivity contribution in [2.75, 3.05) is 0 Å². The van der Waals surface area contributed by atoms with Crippen molar-refractivity contribution in [2.24, 2.45) is 5.10 Å². The first-order valence-electron chi connectivity index (χ1n) is 7.99. The highest BCUT2D eigenvalue weighted by Crippen LogP contribution is 2.22. The van der Waals surface area contributed by atoms with Crippen molar-refractivity contribution in [3.8, 4) is 5.69 Å². The molecule has 2 aromatic carbocycles.